The molecule has 1 amide bonds. The molecular weight excluding hydrogens is 350 g/mol. The topological polar surface area (TPSA) is 67.6 Å². The van der Waals surface area contributed by atoms with Gasteiger partial charge in [-0.1, -0.05) is 25.8 Å². The van der Waals surface area contributed by atoms with Crippen LogP contribution in [0.2, 0.25) is 0 Å². The maximum atomic E-state index is 12.3. The highest BCUT2D eigenvalue weighted by atomic mass is 35.5. The van der Waals surface area contributed by atoms with Gasteiger partial charge in [0.2, 0.25) is 5.91 Å². The van der Waals surface area contributed by atoms with Gasteiger partial charge >= 0.3 is 0 Å². The second-order valence-corrected chi connectivity index (χ2v) is 7.39. The molecule has 1 aromatic carbocycles. The van der Waals surface area contributed by atoms with E-state index in [-0.39, 0.29) is 18.3 Å². The Kier molecular flexibility index (Phi) is 8.04. The molecule has 0 bridgehead atoms. The van der Waals surface area contributed by atoms with Crippen molar-refractivity contribution in [3.05, 3.63) is 23.8 Å². The maximum absolute atomic E-state index is 12.3. The number of nitrogen functional groups attached to an aromatic ring is 1. The monoisotopic (exact) mass is 381 g/mol. The minimum Gasteiger partial charge on any atom is -0.398 e. The summed E-state index contributed by atoms with van der Waals surface area (Å²) in [6.45, 7) is 4.74. The lowest BCUT2D eigenvalue weighted by atomic mass is 9.88. The molecule has 3 rings (SSSR count). The van der Waals surface area contributed by atoms with E-state index in [0.29, 0.717) is 31.7 Å². The number of carbonyl (C=O) groups excluding carboxylic acids is 1. The molecule has 1 aliphatic carbocycles. The third-order valence-electron chi connectivity index (χ3n) is 5.51. The van der Waals surface area contributed by atoms with Gasteiger partial charge in [-0.2, -0.15) is 0 Å². The smallest absolute Gasteiger partial charge is 0.239 e. The largest absolute Gasteiger partial charge is 0.398 e. The molecule has 0 aromatic heterocycles. The van der Waals surface area contributed by atoms with Crippen LogP contribution in [0.15, 0.2) is 18.2 Å². The molecule has 146 valence electrons. The normalized spacial score (nSPS) is 22.3. The Morgan fingerprint density at radius 3 is 2.92 bits per heavy atom. The van der Waals surface area contributed by atoms with E-state index in [1.54, 1.807) is 0 Å². The first-order valence-corrected chi connectivity index (χ1v) is 9.66. The van der Waals surface area contributed by atoms with Crippen LogP contribution >= 0.6 is 12.4 Å². The Hall–Kier alpha value is -1.46. The number of amides is 1. The van der Waals surface area contributed by atoms with Gasteiger partial charge < -0.3 is 20.7 Å². The SMILES string of the molecule is CC1CCCCC1OCCNC(=O)CN1CCCc2c(N)cccc21.Cl. The van der Waals surface area contributed by atoms with E-state index in [2.05, 4.69) is 23.2 Å². The zero-order chi connectivity index (χ0) is 17.6. The van der Waals surface area contributed by atoms with Gasteiger partial charge in [-0.05, 0) is 49.3 Å². The quantitative estimate of drug-likeness (QED) is 0.586. The Labute approximate surface area is 163 Å². The van der Waals surface area contributed by atoms with Crippen molar-refractivity contribution in [3.63, 3.8) is 0 Å². The summed E-state index contributed by atoms with van der Waals surface area (Å²) < 4.78 is 5.96. The lowest BCUT2D eigenvalue weighted by molar-refractivity contribution is -0.120. The number of nitrogens with zero attached hydrogens (tertiary/aromatic N) is 1. The molecule has 6 heteroatoms. The highest BCUT2D eigenvalue weighted by Crippen LogP contribution is 2.31. The number of ether oxygens (including phenoxy) is 1. The Morgan fingerprint density at radius 2 is 2.12 bits per heavy atom. The molecule has 2 atom stereocenters. The van der Waals surface area contributed by atoms with Gasteiger partial charge in [-0.3, -0.25) is 4.79 Å². The number of hydrogen-bond donors (Lipinski definition) is 2. The third-order valence-corrected chi connectivity index (χ3v) is 5.51. The molecule has 2 aliphatic rings. The third kappa shape index (κ3) is 5.27. The molecule has 26 heavy (non-hydrogen) atoms. The van der Waals surface area contributed by atoms with Crippen molar-refractivity contribution in [2.24, 2.45) is 5.92 Å². The van der Waals surface area contributed by atoms with Crippen LogP contribution in [-0.2, 0) is 16.0 Å². The fourth-order valence-electron chi connectivity index (χ4n) is 4.05. The van der Waals surface area contributed by atoms with Gasteiger partial charge in [0, 0.05) is 24.5 Å². The number of halogens is 1. The molecule has 0 saturated heterocycles. The minimum absolute atomic E-state index is 0. The molecule has 2 unspecified atom stereocenters. The van der Waals surface area contributed by atoms with E-state index in [1.165, 1.54) is 24.8 Å². The number of benzene rings is 1. The van der Waals surface area contributed by atoms with Crippen LogP contribution in [0.5, 0.6) is 0 Å². The number of carbonyl (C=O) groups is 1. The molecular formula is C20H32ClN3O2. The summed E-state index contributed by atoms with van der Waals surface area (Å²) in [5.74, 6) is 0.690. The fourth-order valence-corrected chi connectivity index (χ4v) is 4.05. The summed E-state index contributed by atoms with van der Waals surface area (Å²) >= 11 is 0. The van der Waals surface area contributed by atoms with Crippen molar-refractivity contribution in [1.82, 2.24) is 5.32 Å². The van der Waals surface area contributed by atoms with Crippen LogP contribution in [-0.4, -0.2) is 38.3 Å². The average molecular weight is 382 g/mol. The van der Waals surface area contributed by atoms with Crippen molar-refractivity contribution in [2.75, 3.05) is 36.9 Å². The van der Waals surface area contributed by atoms with Crippen LogP contribution in [0.4, 0.5) is 11.4 Å². The second kappa shape index (κ2) is 10.0. The highest BCUT2D eigenvalue weighted by molar-refractivity contribution is 5.85. The van der Waals surface area contributed by atoms with E-state index >= 15 is 0 Å². The van der Waals surface area contributed by atoms with Crippen molar-refractivity contribution in [1.29, 1.82) is 0 Å². The lowest BCUT2D eigenvalue weighted by Gasteiger charge is -2.31. The van der Waals surface area contributed by atoms with E-state index in [9.17, 15) is 4.79 Å². The molecule has 3 N–H and O–H groups in total. The number of nitrogens with one attached hydrogen (secondary N) is 1. The van der Waals surface area contributed by atoms with E-state index in [0.717, 1.165) is 37.2 Å². The number of hydrogen-bond acceptors (Lipinski definition) is 4. The van der Waals surface area contributed by atoms with Gasteiger partial charge in [-0.25, -0.2) is 0 Å². The van der Waals surface area contributed by atoms with E-state index in [1.807, 2.05) is 12.1 Å². The summed E-state index contributed by atoms with van der Waals surface area (Å²) in [5.41, 5.74) is 9.18. The van der Waals surface area contributed by atoms with Crippen LogP contribution in [0.3, 0.4) is 0 Å². The summed E-state index contributed by atoms with van der Waals surface area (Å²) in [6, 6.07) is 5.96. The summed E-state index contributed by atoms with van der Waals surface area (Å²) in [7, 11) is 0. The average Bonchev–Trinajstić information content (AvgIpc) is 2.61. The number of anilines is 2. The molecule has 1 aromatic rings. The van der Waals surface area contributed by atoms with E-state index < -0.39 is 0 Å². The highest BCUT2D eigenvalue weighted by Gasteiger charge is 2.22. The second-order valence-electron chi connectivity index (χ2n) is 7.39. The summed E-state index contributed by atoms with van der Waals surface area (Å²) in [4.78, 5) is 14.4. The van der Waals surface area contributed by atoms with Crippen molar-refractivity contribution < 1.29 is 9.53 Å². The molecule has 1 saturated carbocycles. The summed E-state index contributed by atoms with van der Waals surface area (Å²) in [5, 5.41) is 2.99. The first-order chi connectivity index (χ1) is 12.1. The molecule has 5 nitrogen and oxygen atoms in total. The first-order valence-electron chi connectivity index (χ1n) is 9.66. The van der Waals surface area contributed by atoms with Crippen molar-refractivity contribution >= 4 is 29.7 Å². The maximum Gasteiger partial charge on any atom is 0.239 e. The number of nitrogens with two attached hydrogens (primary N) is 1. The zero-order valence-electron chi connectivity index (χ0n) is 15.7. The standard InChI is InChI=1S/C20H31N3O2.ClH/c1-15-6-2-3-10-19(15)25-13-11-22-20(24)14-23-12-5-7-16-17(21)8-4-9-18(16)23;/h4,8-9,15,19H,2-3,5-7,10-14,21H2,1H3,(H,22,24);1H. The van der Waals surface area contributed by atoms with Crippen LogP contribution < -0.4 is 16.0 Å². The molecule has 0 spiro atoms. The van der Waals surface area contributed by atoms with Crippen LogP contribution in [0, 0.1) is 5.92 Å². The molecule has 1 heterocycles. The first kappa shape index (κ1) is 20.8. The molecule has 1 aliphatic heterocycles. The fraction of sp³-hybridized carbons (Fsp3) is 0.650. The van der Waals surface area contributed by atoms with Gasteiger partial charge in [-0.15, -0.1) is 12.4 Å². The Bertz CT molecular complexity index is 596. The molecule has 0 radical (unpaired) electrons. The predicted octanol–water partition coefficient (Wildman–Crippen LogP) is 3.15. The van der Waals surface area contributed by atoms with Crippen LogP contribution in [0.1, 0.15) is 44.6 Å². The van der Waals surface area contributed by atoms with Gasteiger partial charge in [0.1, 0.15) is 0 Å². The zero-order valence-corrected chi connectivity index (χ0v) is 16.5. The Morgan fingerprint density at radius 1 is 1.31 bits per heavy atom. The van der Waals surface area contributed by atoms with Crippen molar-refractivity contribution in [3.8, 4) is 0 Å². The van der Waals surface area contributed by atoms with Gasteiger partial charge in [0.05, 0.1) is 19.3 Å². The summed E-state index contributed by atoms with van der Waals surface area (Å²) in [6.07, 6.45) is 7.39. The van der Waals surface area contributed by atoms with Gasteiger partial charge in [0.25, 0.3) is 0 Å². The predicted molar refractivity (Wildman–Crippen MR) is 109 cm³/mol. The Balaban J connectivity index is 0.00000243. The van der Waals surface area contributed by atoms with Crippen molar-refractivity contribution in [2.45, 2.75) is 51.6 Å². The van der Waals surface area contributed by atoms with Gasteiger partial charge in [0.15, 0.2) is 0 Å². The minimum atomic E-state index is 0. The lowest BCUT2D eigenvalue weighted by Crippen LogP contribution is -2.41. The van der Waals surface area contributed by atoms with E-state index in [4.69, 9.17) is 10.5 Å². The number of rotatable bonds is 6. The number of fused-ring (bicyclic) bond motifs is 1. The van der Waals surface area contributed by atoms with Crippen LogP contribution in [0.25, 0.3) is 0 Å². The molecule has 1 fully saturated rings.